The Morgan fingerprint density at radius 2 is 1.95 bits per heavy atom. The van der Waals surface area contributed by atoms with E-state index in [0.717, 1.165) is 10.0 Å². The molecule has 0 saturated carbocycles. The maximum atomic E-state index is 11.9. The first-order valence-corrected chi connectivity index (χ1v) is 7.63. The summed E-state index contributed by atoms with van der Waals surface area (Å²) in [6.07, 6.45) is 0.692. The lowest BCUT2D eigenvalue weighted by molar-refractivity contribution is -0.137. The average molecular weight is 357 g/mol. The number of carbonyl (C=O) groups is 2. The molecule has 0 aliphatic heterocycles. The Labute approximate surface area is 133 Å². The smallest absolute Gasteiger partial charge is 0.317 e. The molecule has 0 bridgehead atoms. The van der Waals surface area contributed by atoms with Gasteiger partial charge in [0.2, 0.25) is 0 Å². The highest BCUT2D eigenvalue weighted by molar-refractivity contribution is 9.10. The first kappa shape index (κ1) is 17.5. The second-order valence-corrected chi connectivity index (χ2v) is 6.12. The van der Waals surface area contributed by atoms with Crippen LogP contribution in [0.5, 0.6) is 0 Å². The molecule has 5 nitrogen and oxygen atoms in total. The SMILES string of the molecule is CC(CCC(=O)O)CNC(=O)N(C)Cc1ccc(Br)cc1. The highest BCUT2D eigenvalue weighted by Gasteiger charge is 2.11. The fourth-order valence-corrected chi connectivity index (χ4v) is 2.07. The summed E-state index contributed by atoms with van der Waals surface area (Å²) in [6, 6.07) is 7.65. The van der Waals surface area contributed by atoms with Crippen molar-refractivity contribution in [3.63, 3.8) is 0 Å². The van der Waals surface area contributed by atoms with E-state index in [1.165, 1.54) is 0 Å². The molecule has 0 aliphatic carbocycles. The van der Waals surface area contributed by atoms with E-state index >= 15 is 0 Å². The van der Waals surface area contributed by atoms with Gasteiger partial charge in [-0.05, 0) is 30.0 Å². The van der Waals surface area contributed by atoms with Gasteiger partial charge in [0, 0.05) is 31.0 Å². The molecule has 116 valence electrons. The van der Waals surface area contributed by atoms with E-state index in [1.54, 1.807) is 11.9 Å². The van der Waals surface area contributed by atoms with Gasteiger partial charge >= 0.3 is 12.0 Å². The molecule has 0 radical (unpaired) electrons. The van der Waals surface area contributed by atoms with Gasteiger partial charge in [-0.2, -0.15) is 0 Å². The van der Waals surface area contributed by atoms with E-state index in [4.69, 9.17) is 5.11 Å². The molecule has 2 amide bonds. The Balaban J connectivity index is 2.34. The fourth-order valence-electron chi connectivity index (χ4n) is 1.80. The minimum absolute atomic E-state index is 0.131. The van der Waals surface area contributed by atoms with Crippen molar-refractivity contribution in [2.75, 3.05) is 13.6 Å². The molecule has 1 unspecified atom stereocenters. The average Bonchev–Trinajstić information content (AvgIpc) is 2.44. The number of carboxylic acid groups (broad SMARTS) is 1. The van der Waals surface area contributed by atoms with Crippen LogP contribution in [0.3, 0.4) is 0 Å². The zero-order valence-electron chi connectivity index (χ0n) is 12.3. The molecule has 1 aromatic rings. The van der Waals surface area contributed by atoms with Gasteiger partial charge < -0.3 is 15.3 Å². The first-order chi connectivity index (χ1) is 9.88. The number of rotatable bonds is 7. The predicted molar refractivity (Wildman–Crippen MR) is 85.0 cm³/mol. The van der Waals surface area contributed by atoms with Crippen LogP contribution in [0.4, 0.5) is 4.79 Å². The van der Waals surface area contributed by atoms with Crippen molar-refractivity contribution in [3.05, 3.63) is 34.3 Å². The normalized spacial score (nSPS) is 11.8. The molecular formula is C15H21BrN2O3. The van der Waals surface area contributed by atoms with Crippen LogP contribution < -0.4 is 5.32 Å². The van der Waals surface area contributed by atoms with Gasteiger partial charge in [0.05, 0.1) is 0 Å². The van der Waals surface area contributed by atoms with Crippen LogP contribution in [0.1, 0.15) is 25.3 Å². The van der Waals surface area contributed by atoms with E-state index in [-0.39, 0.29) is 18.4 Å². The Morgan fingerprint density at radius 1 is 1.33 bits per heavy atom. The molecule has 2 N–H and O–H groups in total. The molecular weight excluding hydrogens is 336 g/mol. The number of nitrogens with one attached hydrogen (secondary N) is 1. The van der Waals surface area contributed by atoms with Crippen molar-refractivity contribution in [1.82, 2.24) is 10.2 Å². The number of hydrogen-bond acceptors (Lipinski definition) is 2. The predicted octanol–water partition coefficient (Wildman–Crippen LogP) is 3.09. The minimum Gasteiger partial charge on any atom is -0.481 e. The third kappa shape index (κ3) is 7.13. The number of hydrogen-bond donors (Lipinski definition) is 2. The number of benzene rings is 1. The van der Waals surface area contributed by atoms with E-state index in [1.807, 2.05) is 31.2 Å². The second kappa shape index (κ2) is 8.67. The molecule has 1 aromatic carbocycles. The Bertz CT molecular complexity index is 476. The zero-order valence-corrected chi connectivity index (χ0v) is 13.9. The lowest BCUT2D eigenvalue weighted by Crippen LogP contribution is -2.38. The monoisotopic (exact) mass is 356 g/mol. The second-order valence-electron chi connectivity index (χ2n) is 5.21. The molecule has 21 heavy (non-hydrogen) atoms. The number of urea groups is 1. The number of aliphatic carboxylic acids is 1. The number of carboxylic acids is 1. The number of carbonyl (C=O) groups excluding carboxylic acids is 1. The van der Waals surface area contributed by atoms with Crippen LogP contribution in [-0.2, 0) is 11.3 Å². The molecule has 1 atom stereocenters. The Morgan fingerprint density at radius 3 is 2.52 bits per heavy atom. The van der Waals surface area contributed by atoms with Crippen molar-refractivity contribution in [3.8, 4) is 0 Å². The van der Waals surface area contributed by atoms with Crippen LogP contribution in [0.15, 0.2) is 28.7 Å². The number of amides is 2. The summed E-state index contributed by atoms with van der Waals surface area (Å²) in [7, 11) is 1.74. The standard InChI is InChI=1S/C15H21BrN2O3/c1-11(3-8-14(19)20)9-17-15(21)18(2)10-12-4-6-13(16)7-5-12/h4-7,11H,3,8-10H2,1-2H3,(H,17,21)(H,19,20). The molecule has 0 heterocycles. The van der Waals surface area contributed by atoms with Crippen LogP contribution in [-0.4, -0.2) is 35.6 Å². The lowest BCUT2D eigenvalue weighted by Gasteiger charge is -2.19. The first-order valence-electron chi connectivity index (χ1n) is 6.83. The number of nitrogens with zero attached hydrogens (tertiary/aromatic N) is 1. The summed E-state index contributed by atoms with van der Waals surface area (Å²) in [5, 5.41) is 11.4. The lowest BCUT2D eigenvalue weighted by atomic mass is 10.1. The molecule has 0 spiro atoms. The quantitative estimate of drug-likeness (QED) is 0.788. The molecule has 0 aliphatic rings. The van der Waals surface area contributed by atoms with Gasteiger partial charge in [0.25, 0.3) is 0 Å². The maximum Gasteiger partial charge on any atom is 0.317 e. The van der Waals surface area contributed by atoms with Gasteiger partial charge in [-0.1, -0.05) is 35.0 Å². The van der Waals surface area contributed by atoms with Gasteiger partial charge in [0.15, 0.2) is 0 Å². The van der Waals surface area contributed by atoms with Crippen LogP contribution in [0.2, 0.25) is 0 Å². The van der Waals surface area contributed by atoms with Crippen LogP contribution in [0.25, 0.3) is 0 Å². The molecule has 0 aromatic heterocycles. The summed E-state index contributed by atoms with van der Waals surface area (Å²) in [4.78, 5) is 24.0. The maximum absolute atomic E-state index is 11.9. The van der Waals surface area contributed by atoms with Crippen molar-refractivity contribution in [2.24, 2.45) is 5.92 Å². The largest absolute Gasteiger partial charge is 0.481 e. The summed E-state index contributed by atoms with van der Waals surface area (Å²) in [6.45, 7) is 2.94. The van der Waals surface area contributed by atoms with Crippen molar-refractivity contribution >= 4 is 27.9 Å². The minimum atomic E-state index is -0.805. The highest BCUT2D eigenvalue weighted by atomic mass is 79.9. The Hall–Kier alpha value is -1.56. The molecule has 0 saturated heterocycles. The third-order valence-electron chi connectivity index (χ3n) is 3.13. The Kier molecular flexibility index (Phi) is 7.22. The zero-order chi connectivity index (χ0) is 15.8. The third-order valence-corrected chi connectivity index (χ3v) is 3.66. The topological polar surface area (TPSA) is 69.6 Å². The van der Waals surface area contributed by atoms with E-state index < -0.39 is 5.97 Å². The van der Waals surface area contributed by atoms with Gasteiger partial charge in [0.1, 0.15) is 0 Å². The van der Waals surface area contributed by atoms with Gasteiger partial charge in [-0.25, -0.2) is 4.79 Å². The number of halogens is 1. The van der Waals surface area contributed by atoms with Crippen molar-refractivity contribution in [1.29, 1.82) is 0 Å². The van der Waals surface area contributed by atoms with Gasteiger partial charge in [-0.3, -0.25) is 4.79 Å². The molecule has 0 fully saturated rings. The van der Waals surface area contributed by atoms with Gasteiger partial charge in [-0.15, -0.1) is 0 Å². The van der Waals surface area contributed by atoms with Crippen LogP contribution >= 0.6 is 15.9 Å². The summed E-state index contributed by atoms with van der Waals surface area (Å²) in [5.74, 6) is -0.660. The van der Waals surface area contributed by atoms with Crippen molar-refractivity contribution in [2.45, 2.75) is 26.3 Å². The summed E-state index contributed by atoms with van der Waals surface area (Å²) >= 11 is 3.37. The molecule has 6 heteroatoms. The molecule has 1 rings (SSSR count). The summed E-state index contributed by atoms with van der Waals surface area (Å²) in [5.41, 5.74) is 1.05. The van der Waals surface area contributed by atoms with E-state index in [2.05, 4.69) is 21.2 Å². The fraction of sp³-hybridized carbons (Fsp3) is 0.467. The van der Waals surface area contributed by atoms with E-state index in [9.17, 15) is 9.59 Å². The van der Waals surface area contributed by atoms with E-state index in [0.29, 0.717) is 19.5 Å². The van der Waals surface area contributed by atoms with Crippen LogP contribution in [0, 0.1) is 5.92 Å². The highest BCUT2D eigenvalue weighted by Crippen LogP contribution is 2.12. The summed E-state index contributed by atoms with van der Waals surface area (Å²) < 4.78 is 1.01. The van der Waals surface area contributed by atoms with Crippen molar-refractivity contribution < 1.29 is 14.7 Å².